The molecule has 0 atom stereocenters. The second-order valence-electron chi connectivity index (χ2n) is 6.44. The van der Waals surface area contributed by atoms with Crippen LogP contribution in [0, 0.1) is 0 Å². The Morgan fingerprint density at radius 2 is 1.52 bits per heavy atom. The number of hydrogen-bond acceptors (Lipinski definition) is 3. The van der Waals surface area contributed by atoms with Crippen LogP contribution in [0.4, 0.5) is 0 Å². The van der Waals surface area contributed by atoms with E-state index in [0.29, 0.717) is 19.3 Å². The lowest BCUT2D eigenvalue weighted by Gasteiger charge is -2.09. The van der Waals surface area contributed by atoms with E-state index >= 15 is 0 Å². The maximum atomic E-state index is 12.2. The zero-order valence-electron chi connectivity index (χ0n) is 15.5. The molecule has 138 valence electrons. The van der Waals surface area contributed by atoms with Crippen LogP contribution >= 0.6 is 0 Å². The van der Waals surface area contributed by atoms with Crippen molar-refractivity contribution in [3.63, 3.8) is 0 Å². The van der Waals surface area contributed by atoms with Gasteiger partial charge in [0, 0.05) is 12.5 Å². The van der Waals surface area contributed by atoms with E-state index in [1.54, 1.807) is 0 Å². The summed E-state index contributed by atoms with van der Waals surface area (Å²) in [6.45, 7) is 2.54. The van der Waals surface area contributed by atoms with Gasteiger partial charge < -0.3 is 4.74 Å². The molecule has 0 heterocycles. The van der Waals surface area contributed by atoms with Crippen molar-refractivity contribution in [1.29, 1.82) is 0 Å². The van der Waals surface area contributed by atoms with Crippen molar-refractivity contribution in [2.75, 3.05) is 0 Å². The molecule has 0 aliphatic heterocycles. The SMILES string of the molecule is CCCCCCCCCCCC(=O)/C(=C\C=O)OCc1ccccc1. The standard InChI is InChI=1S/C22H32O3/c1-2-3-4-5-6-7-8-9-13-16-21(24)22(17-18-23)25-19-20-14-11-10-12-15-20/h10-12,14-15,17-18H,2-9,13,16,19H2,1H3/b22-17+. The zero-order valence-corrected chi connectivity index (χ0v) is 15.5. The third-order valence-electron chi connectivity index (χ3n) is 4.24. The summed E-state index contributed by atoms with van der Waals surface area (Å²) in [4.78, 5) is 23.0. The quantitative estimate of drug-likeness (QED) is 0.175. The number of carbonyl (C=O) groups is 2. The third kappa shape index (κ3) is 10.5. The Balaban J connectivity index is 2.19. The zero-order chi connectivity index (χ0) is 18.2. The number of allylic oxidation sites excluding steroid dienone is 2. The smallest absolute Gasteiger partial charge is 0.197 e. The van der Waals surface area contributed by atoms with Crippen LogP contribution in [0.3, 0.4) is 0 Å². The molecule has 0 N–H and O–H groups in total. The average molecular weight is 344 g/mol. The van der Waals surface area contributed by atoms with E-state index in [4.69, 9.17) is 4.74 Å². The van der Waals surface area contributed by atoms with Crippen molar-refractivity contribution in [3.8, 4) is 0 Å². The summed E-state index contributed by atoms with van der Waals surface area (Å²) >= 11 is 0. The Kier molecular flexibility index (Phi) is 12.2. The van der Waals surface area contributed by atoms with Crippen LogP contribution in [0.15, 0.2) is 42.2 Å². The Morgan fingerprint density at radius 1 is 0.920 bits per heavy atom. The van der Waals surface area contributed by atoms with Crippen LogP contribution in [0.1, 0.15) is 76.7 Å². The molecule has 0 amide bonds. The van der Waals surface area contributed by atoms with Gasteiger partial charge in [-0.1, -0.05) is 88.6 Å². The second-order valence-corrected chi connectivity index (χ2v) is 6.44. The predicted octanol–water partition coefficient (Wildman–Crippen LogP) is 5.78. The van der Waals surface area contributed by atoms with E-state index in [9.17, 15) is 9.59 Å². The van der Waals surface area contributed by atoms with Crippen molar-refractivity contribution in [1.82, 2.24) is 0 Å². The first kappa shape index (κ1) is 21.1. The number of ether oxygens (including phenoxy) is 1. The number of aldehydes is 1. The van der Waals surface area contributed by atoms with Crippen LogP contribution in [-0.4, -0.2) is 12.1 Å². The molecule has 1 rings (SSSR count). The van der Waals surface area contributed by atoms with Gasteiger partial charge in [-0.2, -0.15) is 0 Å². The lowest BCUT2D eigenvalue weighted by Crippen LogP contribution is -2.07. The van der Waals surface area contributed by atoms with Crippen molar-refractivity contribution in [2.24, 2.45) is 0 Å². The minimum atomic E-state index is -0.0778. The highest BCUT2D eigenvalue weighted by Crippen LogP contribution is 2.13. The largest absolute Gasteiger partial charge is 0.485 e. The fourth-order valence-corrected chi connectivity index (χ4v) is 2.74. The number of Topliss-reactive ketones (excluding diaryl/α,β-unsaturated/α-hetero) is 1. The highest BCUT2D eigenvalue weighted by Gasteiger charge is 2.11. The molecule has 0 saturated carbocycles. The first-order chi connectivity index (χ1) is 12.3. The summed E-state index contributed by atoms with van der Waals surface area (Å²) in [6.07, 6.45) is 13.2. The molecule has 1 aromatic rings. The minimum Gasteiger partial charge on any atom is -0.485 e. The second kappa shape index (κ2) is 14.4. The molecule has 0 bridgehead atoms. The number of carbonyl (C=O) groups excluding carboxylic acids is 2. The Morgan fingerprint density at radius 3 is 2.12 bits per heavy atom. The van der Waals surface area contributed by atoms with Crippen LogP contribution in [0.5, 0.6) is 0 Å². The van der Waals surface area contributed by atoms with E-state index in [0.717, 1.165) is 18.4 Å². The summed E-state index contributed by atoms with van der Waals surface area (Å²) in [5.74, 6) is 0.101. The van der Waals surface area contributed by atoms with Gasteiger partial charge in [-0.3, -0.25) is 9.59 Å². The van der Waals surface area contributed by atoms with Crippen LogP contribution < -0.4 is 0 Å². The molecular weight excluding hydrogens is 312 g/mol. The minimum absolute atomic E-state index is 0.0778. The highest BCUT2D eigenvalue weighted by atomic mass is 16.5. The van der Waals surface area contributed by atoms with Gasteiger partial charge >= 0.3 is 0 Å². The van der Waals surface area contributed by atoms with Gasteiger partial charge in [-0.25, -0.2) is 0 Å². The van der Waals surface area contributed by atoms with Crippen LogP contribution in [-0.2, 0) is 20.9 Å². The van der Waals surface area contributed by atoms with E-state index in [2.05, 4.69) is 6.92 Å². The number of ketones is 1. The van der Waals surface area contributed by atoms with Crippen molar-refractivity contribution >= 4 is 12.1 Å². The van der Waals surface area contributed by atoms with Crippen molar-refractivity contribution < 1.29 is 14.3 Å². The average Bonchev–Trinajstić information content (AvgIpc) is 2.64. The molecule has 0 saturated heterocycles. The summed E-state index contributed by atoms with van der Waals surface area (Å²) in [5.41, 5.74) is 0.982. The lowest BCUT2D eigenvalue weighted by molar-refractivity contribution is -0.119. The Labute approximate surface area is 152 Å². The normalized spacial score (nSPS) is 11.3. The van der Waals surface area contributed by atoms with Gasteiger partial charge in [-0.05, 0) is 12.0 Å². The van der Waals surface area contributed by atoms with Gasteiger partial charge in [0.2, 0.25) is 0 Å². The molecule has 3 nitrogen and oxygen atoms in total. The molecule has 1 aromatic carbocycles. The summed E-state index contributed by atoms with van der Waals surface area (Å²) < 4.78 is 5.54. The number of benzene rings is 1. The van der Waals surface area contributed by atoms with E-state index in [-0.39, 0.29) is 11.5 Å². The molecule has 0 aliphatic rings. The molecule has 0 unspecified atom stereocenters. The number of rotatable bonds is 15. The van der Waals surface area contributed by atoms with E-state index < -0.39 is 0 Å². The van der Waals surface area contributed by atoms with E-state index in [1.807, 2.05) is 30.3 Å². The molecule has 0 aromatic heterocycles. The maximum absolute atomic E-state index is 12.2. The topological polar surface area (TPSA) is 43.4 Å². The first-order valence-electron chi connectivity index (χ1n) is 9.63. The van der Waals surface area contributed by atoms with Gasteiger partial charge in [0.25, 0.3) is 0 Å². The number of hydrogen-bond donors (Lipinski definition) is 0. The maximum Gasteiger partial charge on any atom is 0.197 e. The summed E-state index contributed by atoms with van der Waals surface area (Å²) in [5, 5.41) is 0. The van der Waals surface area contributed by atoms with Gasteiger partial charge in [0.15, 0.2) is 11.5 Å². The van der Waals surface area contributed by atoms with Gasteiger partial charge in [-0.15, -0.1) is 0 Å². The van der Waals surface area contributed by atoms with Gasteiger partial charge in [0.05, 0.1) is 0 Å². The molecule has 0 radical (unpaired) electrons. The fraction of sp³-hybridized carbons (Fsp3) is 0.545. The Hall–Kier alpha value is -1.90. The summed E-state index contributed by atoms with van der Waals surface area (Å²) in [7, 11) is 0. The number of unbranched alkanes of at least 4 members (excludes halogenated alkanes) is 8. The first-order valence-corrected chi connectivity index (χ1v) is 9.63. The molecule has 0 spiro atoms. The molecular formula is C22H32O3. The Bertz CT molecular complexity index is 505. The molecule has 25 heavy (non-hydrogen) atoms. The third-order valence-corrected chi connectivity index (χ3v) is 4.24. The van der Waals surface area contributed by atoms with Crippen LogP contribution in [0.2, 0.25) is 0 Å². The molecule has 3 heteroatoms. The van der Waals surface area contributed by atoms with Crippen molar-refractivity contribution in [2.45, 2.75) is 77.7 Å². The van der Waals surface area contributed by atoms with Gasteiger partial charge in [0.1, 0.15) is 12.9 Å². The fourth-order valence-electron chi connectivity index (χ4n) is 2.74. The van der Waals surface area contributed by atoms with E-state index in [1.165, 1.54) is 51.0 Å². The van der Waals surface area contributed by atoms with Crippen molar-refractivity contribution in [3.05, 3.63) is 47.7 Å². The van der Waals surface area contributed by atoms with Crippen LogP contribution in [0.25, 0.3) is 0 Å². The molecule has 0 aliphatic carbocycles. The monoisotopic (exact) mass is 344 g/mol. The summed E-state index contributed by atoms with van der Waals surface area (Å²) in [6, 6.07) is 9.64. The predicted molar refractivity (Wildman–Crippen MR) is 102 cm³/mol. The lowest BCUT2D eigenvalue weighted by atomic mass is 10.0. The molecule has 0 fully saturated rings. The highest BCUT2D eigenvalue weighted by molar-refractivity contribution is 5.96.